The molecule has 0 aliphatic carbocycles. The smallest absolute Gasteiger partial charge is 0.137 e. The van der Waals surface area contributed by atoms with Crippen molar-refractivity contribution in [2.24, 2.45) is 0 Å². The molecule has 1 N–H and O–H groups in total. The molecular weight excluding hydrogens is 226 g/mol. The van der Waals surface area contributed by atoms with Crippen LogP contribution in [-0.4, -0.2) is 34.3 Å². The van der Waals surface area contributed by atoms with Crippen LogP contribution in [0, 0.1) is 6.92 Å². The van der Waals surface area contributed by atoms with Gasteiger partial charge in [0.15, 0.2) is 0 Å². The largest absolute Gasteiger partial charge is 0.391 e. The highest BCUT2D eigenvalue weighted by Crippen LogP contribution is 2.26. The van der Waals surface area contributed by atoms with E-state index in [1.165, 1.54) is 0 Å². The molecule has 16 heavy (non-hydrogen) atoms. The van der Waals surface area contributed by atoms with E-state index < -0.39 is 0 Å². The lowest BCUT2D eigenvalue weighted by Crippen LogP contribution is -2.24. The summed E-state index contributed by atoms with van der Waals surface area (Å²) >= 11 is 6.07. The van der Waals surface area contributed by atoms with Crippen LogP contribution in [0.1, 0.15) is 24.7 Å². The highest BCUT2D eigenvalue weighted by Gasteiger charge is 2.24. The predicted molar refractivity (Wildman–Crippen MR) is 64.0 cm³/mol. The zero-order valence-corrected chi connectivity index (χ0v) is 10.3. The molecule has 2 rings (SSSR count). The van der Waals surface area contributed by atoms with E-state index in [2.05, 4.69) is 14.9 Å². The molecule has 1 atom stereocenters. The summed E-state index contributed by atoms with van der Waals surface area (Å²) in [5.41, 5.74) is 0.896. The van der Waals surface area contributed by atoms with Crippen molar-refractivity contribution in [3.8, 4) is 0 Å². The van der Waals surface area contributed by atoms with Crippen LogP contribution >= 0.6 is 11.6 Å². The second-order valence-corrected chi connectivity index (χ2v) is 4.48. The fourth-order valence-corrected chi connectivity index (χ4v) is 2.10. The second-order valence-electron chi connectivity index (χ2n) is 4.12. The van der Waals surface area contributed by atoms with E-state index in [0.29, 0.717) is 11.7 Å². The fraction of sp³-hybridized carbons (Fsp3) is 0.636. The SMILES string of the molecule is CCc1nc(Cl)c(C)c(N2CCC(O)C2)n1. The van der Waals surface area contributed by atoms with E-state index >= 15 is 0 Å². The molecule has 0 spiro atoms. The van der Waals surface area contributed by atoms with Gasteiger partial charge in [-0.3, -0.25) is 0 Å². The highest BCUT2D eigenvalue weighted by molar-refractivity contribution is 6.30. The second kappa shape index (κ2) is 4.55. The van der Waals surface area contributed by atoms with E-state index in [0.717, 1.165) is 36.6 Å². The first kappa shape index (κ1) is 11.6. The molecule has 1 unspecified atom stereocenters. The lowest BCUT2D eigenvalue weighted by Gasteiger charge is -2.19. The molecule has 4 nitrogen and oxygen atoms in total. The first-order valence-electron chi connectivity index (χ1n) is 5.57. The van der Waals surface area contributed by atoms with E-state index in [9.17, 15) is 5.11 Å². The Morgan fingerprint density at radius 3 is 2.81 bits per heavy atom. The third kappa shape index (κ3) is 2.13. The molecule has 0 radical (unpaired) electrons. The summed E-state index contributed by atoms with van der Waals surface area (Å²) in [7, 11) is 0. The molecule has 1 aromatic heterocycles. The van der Waals surface area contributed by atoms with Gasteiger partial charge in [-0.15, -0.1) is 0 Å². The third-order valence-corrected chi connectivity index (χ3v) is 3.25. The Bertz CT molecular complexity index is 397. The van der Waals surface area contributed by atoms with Crippen molar-refractivity contribution in [2.45, 2.75) is 32.8 Å². The lowest BCUT2D eigenvalue weighted by atomic mass is 10.3. The van der Waals surface area contributed by atoms with E-state index in [1.54, 1.807) is 0 Å². The number of anilines is 1. The van der Waals surface area contributed by atoms with E-state index in [4.69, 9.17) is 11.6 Å². The molecule has 2 heterocycles. The van der Waals surface area contributed by atoms with Gasteiger partial charge in [0.2, 0.25) is 0 Å². The third-order valence-electron chi connectivity index (χ3n) is 2.89. The maximum Gasteiger partial charge on any atom is 0.137 e. The lowest BCUT2D eigenvalue weighted by molar-refractivity contribution is 0.198. The molecule has 0 aromatic carbocycles. The maximum absolute atomic E-state index is 9.53. The van der Waals surface area contributed by atoms with Crippen LogP contribution in [0.5, 0.6) is 0 Å². The summed E-state index contributed by atoms with van der Waals surface area (Å²) in [6.07, 6.45) is 1.31. The van der Waals surface area contributed by atoms with E-state index in [1.807, 2.05) is 13.8 Å². The summed E-state index contributed by atoms with van der Waals surface area (Å²) in [4.78, 5) is 10.8. The molecule has 1 saturated heterocycles. The van der Waals surface area contributed by atoms with Gasteiger partial charge >= 0.3 is 0 Å². The minimum absolute atomic E-state index is 0.252. The Kier molecular flexibility index (Phi) is 3.30. The zero-order chi connectivity index (χ0) is 11.7. The monoisotopic (exact) mass is 241 g/mol. The number of halogens is 1. The molecule has 1 fully saturated rings. The van der Waals surface area contributed by atoms with Gasteiger partial charge in [0.05, 0.1) is 6.10 Å². The molecule has 1 aliphatic rings. The molecule has 88 valence electrons. The van der Waals surface area contributed by atoms with Crippen LogP contribution in [0.4, 0.5) is 5.82 Å². The van der Waals surface area contributed by atoms with Gasteiger partial charge in [0, 0.05) is 25.1 Å². The quantitative estimate of drug-likeness (QED) is 0.799. The summed E-state index contributed by atoms with van der Waals surface area (Å²) in [5, 5.41) is 10.0. The molecule has 0 bridgehead atoms. The summed E-state index contributed by atoms with van der Waals surface area (Å²) in [5.74, 6) is 1.63. The van der Waals surface area contributed by atoms with Gasteiger partial charge in [-0.2, -0.15) is 0 Å². The highest BCUT2D eigenvalue weighted by atomic mass is 35.5. The topological polar surface area (TPSA) is 49.2 Å². The molecule has 5 heteroatoms. The van der Waals surface area contributed by atoms with Gasteiger partial charge in [-0.05, 0) is 13.3 Å². The summed E-state index contributed by atoms with van der Waals surface area (Å²) in [6.45, 7) is 5.39. The Morgan fingerprint density at radius 1 is 1.50 bits per heavy atom. The summed E-state index contributed by atoms with van der Waals surface area (Å²) in [6, 6.07) is 0. The van der Waals surface area contributed by atoms with Crippen molar-refractivity contribution in [3.63, 3.8) is 0 Å². The number of hydrogen-bond acceptors (Lipinski definition) is 4. The van der Waals surface area contributed by atoms with Crippen LogP contribution in [0.3, 0.4) is 0 Å². The zero-order valence-electron chi connectivity index (χ0n) is 9.57. The Labute approximate surface area is 100 Å². The number of aryl methyl sites for hydroxylation is 1. The van der Waals surface area contributed by atoms with Gasteiger partial charge in [-0.1, -0.05) is 18.5 Å². The molecular formula is C11H16ClN3O. The molecule has 1 aliphatic heterocycles. The van der Waals surface area contributed by atoms with Gasteiger partial charge in [0.1, 0.15) is 16.8 Å². The first-order valence-corrected chi connectivity index (χ1v) is 5.95. The van der Waals surface area contributed by atoms with Crippen molar-refractivity contribution >= 4 is 17.4 Å². The van der Waals surface area contributed by atoms with Crippen LogP contribution in [-0.2, 0) is 6.42 Å². The standard InChI is InChI=1S/C11H16ClN3O/c1-3-9-13-10(12)7(2)11(14-9)15-5-4-8(16)6-15/h8,16H,3-6H2,1-2H3. The van der Waals surface area contributed by atoms with Crippen molar-refractivity contribution < 1.29 is 5.11 Å². The van der Waals surface area contributed by atoms with Crippen molar-refractivity contribution in [1.29, 1.82) is 0 Å². The van der Waals surface area contributed by atoms with Crippen LogP contribution in [0.15, 0.2) is 0 Å². The predicted octanol–water partition coefficient (Wildman–Crippen LogP) is 1.57. The number of aromatic nitrogens is 2. The number of aliphatic hydroxyl groups excluding tert-OH is 1. The van der Waals surface area contributed by atoms with Gasteiger partial charge < -0.3 is 10.0 Å². The van der Waals surface area contributed by atoms with Gasteiger partial charge in [-0.25, -0.2) is 9.97 Å². The summed E-state index contributed by atoms with van der Waals surface area (Å²) < 4.78 is 0. The molecule has 0 saturated carbocycles. The number of nitrogens with zero attached hydrogens (tertiary/aromatic N) is 3. The van der Waals surface area contributed by atoms with Crippen LogP contribution in [0.25, 0.3) is 0 Å². The molecule has 1 aromatic rings. The molecule has 0 amide bonds. The van der Waals surface area contributed by atoms with Crippen LogP contribution < -0.4 is 4.90 Å². The van der Waals surface area contributed by atoms with Gasteiger partial charge in [0.25, 0.3) is 0 Å². The Morgan fingerprint density at radius 2 is 2.25 bits per heavy atom. The Hall–Kier alpha value is -0.870. The minimum atomic E-state index is -0.252. The average Bonchev–Trinajstić information content (AvgIpc) is 2.68. The number of rotatable bonds is 2. The number of aliphatic hydroxyl groups is 1. The minimum Gasteiger partial charge on any atom is -0.391 e. The first-order chi connectivity index (χ1) is 7.61. The van der Waals surface area contributed by atoms with Crippen molar-refractivity contribution in [3.05, 3.63) is 16.5 Å². The van der Waals surface area contributed by atoms with Crippen LogP contribution in [0.2, 0.25) is 5.15 Å². The number of hydrogen-bond donors (Lipinski definition) is 1. The maximum atomic E-state index is 9.53. The Balaban J connectivity index is 2.35. The van der Waals surface area contributed by atoms with E-state index in [-0.39, 0.29) is 6.10 Å². The average molecular weight is 242 g/mol. The number of β-amino-alcohol motifs (C(OH)–C–C–N with tert-alkyl or cyclic N) is 1. The van der Waals surface area contributed by atoms with Crippen molar-refractivity contribution in [1.82, 2.24) is 9.97 Å². The normalized spacial score (nSPS) is 20.5. The fourth-order valence-electron chi connectivity index (χ4n) is 1.92. The van der Waals surface area contributed by atoms with Crippen molar-refractivity contribution in [2.75, 3.05) is 18.0 Å².